The summed E-state index contributed by atoms with van der Waals surface area (Å²) < 4.78 is 12.6. The second kappa shape index (κ2) is 5.22. The van der Waals surface area contributed by atoms with Crippen molar-refractivity contribution >= 4 is 24.0 Å². The van der Waals surface area contributed by atoms with Crippen LogP contribution in [0.3, 0.4) is 0 Å². The normalized spacial score (nSPS) is 11.6. The average molecular weight is 222 g/mol. The van der Waals surface area contributed by atoms with Crippen molar-refractivity contribution < 1.29 is 4.39 Å². The third-order valence-corrected chi connectivity index (χ3v) is 1.90. The van der Waals surface area contributed by atoms with Gasteiger partial charge in [0.1, 0.15) is 5.82 Å². The van der Waals surface area contributed by atoms with Gasteiger partial charge in [0.15, 0.2) is 0 Å². The third-order valence-electron chi connectivity index (χ3n) is 1.58. The standard InChI is InChI=1S/C9H9ClFN.ClH/c1-2-9(12)7-4-3-6(11)5-8(7)10;/h2-5,9H,1,12H2;1H/t9-;/m1./s1. The van der Waals surface area contributed by atoms with Crippen LogP contribution in [-0.4, -0.2) is 0 Å². The van der Waals surface area contributed by atoms with E-state index < -0.39 is 0 Å². The lowest BCUT2D eigenvalue weighted by Gasteiger charge is -2.07. The maximum atomic E-state index is 12.6. The Kier molecular flexibility index (Phi) is 4.99. The Hall–Kier alpha value is -0.570. The van der Waals surface area contributed by atoms with Gasteiger partial charge in [-0.25, -0.2) is 4.39 Å². The summed E-state index contributed by atoms with van der Waals surface area (Å²) in [6.45, 7) is 3.52. The molecule has 4 heteroatoms. The lowest BCUT2D eigenvalue weighted by Crippen LogP contribution is -2.06. The van der Waals surface area contributed by atoms with Gasteiger partial charge in [0.2, 0.25) is 0 Å². The Labute approximate surface area is 87.8 Å². The fourth-order valence-electron chi connectivity index (χ4n) is 0.899. The summed E-state index contributed by atoms with van der Waals surface area (Å²) in [7, 11) is 0. The minimum Gasteiger partial charge on any atom is -0.321 e. The molecule has 0 heterocycles. The molecule has 2 N–H and O–H groups in total. The smallest absolute Gasteiger partial charge is 0.124 e. The Bertz CT molecular complexity index is 302. The molecule has 0 aromatic heterocycles. The average Bonchev–Trinajstić information content (AvgIpc) is 2.03. The van der Waals surface area contributed by atoms with E-state index in [1.165, 1.54) is 12.1 Å². The van der Waals surface area contributed by atoms with E-state index in [-0.39, 0.29) is 24.3 Å². The van der Waals surface area contributed by atoms with Crippen LogP contribution < -0.4 is 5.73 Å². The van der Waals surface area contributed by atoms with Gasteiger partial charge in [-0.15, -0.1) is 19.0 Å². The number of hydrogen-bond donors (Lipinski definition) is 1. The van der Waals surface area contributed by atoms with Crippen LogP contribution in [-0.2, 0) is 0 Å². The van der Waals surface area contributed by atoms with Crippen LogP contribution >= 0.6 is 24.0 Å². The van der Waals surface area contributed by atoms with Crippen LogP contribution in [0.15, 0.2) is 30.9 Å². The van der Waals surface area contributed by atoms with Crippen LogP contribution in [0.5, 0.6) is 0 Å². The van der Waals surface area contributed by atoms with Crippen molar-refractivity contribution in [1.29, 1.82) is 0 Å². The monoisotopic (exact) mass is 221 g/mol. The van der Waals surface area contributed by atoms with Crippen molar-refractivity contribution in [3.05, 3.63) is 47.3 Å². The van der Waals surface area contributed by atoms with Gasteiger partial charge in [-0.05, 0) is 17.7 Å². The Morgan fingerprint density at radius 3 is 2.62 bits per heavy atom. The fraction of sp³-hybridized carbons (Fsp3) is 0.111. The number of hydrogen-bond acceptors (Lipinski definition) is 1. The molecule has 72 valence electrons. The van der Waals surface area contributed by atoms with Crippen molar-refractivity contribution in [2.75, 3.05) is 0 Å². The molecule has 0 spiro atoms. The van der Waals surface area contributed by atoms with E-state index in [0.717, 1.165) is 0 Å². The molecule has 0 radical (unpaired) electrons. The van der Waals surface area contributed by atoms with Crippen LogP contribution in [0.4, 0.5) is 4.39 Å². The molecule has 0 amide bonds. The van der Waals surface area contributed by atoms with Gasteiger partial charge in [-0.2, -0.15) is 0 Å². The number of nitrogens with two attached hydrogens (primary N) is 1. The maximum absolute atomic E-state index is 12.6. The third kappa shape index (κ3) is 2.99. The van der Waals surface area contributed by atoms with Crippen LogP contribution in [0.2, 0.25) is 5.02 Å². The number of halogens is 3. The quantitative estimate of drug-likeness (QED) is 0.764. The molecule has 0 aliphatic heterocycles. The molecule has 0 aliphatic carbocycles. The largest absolute Gasteiger partial charge is 0.321 e. The second-order valence-electron chi connectivity index (χ2n) is 2.43. The molecule has 0 unspecified atom stereocenters. The molecule has 1 aromatic rings. The first-order chi connectivity index (χ1) is 5.65. The van der Waals surface area contributed by atoms with Gasteiger partial charge in [0.25, 0.3) is 0 Å². The highest BCUT2D eigenvalue weighted by atomic mass is 35.5. The summed E-state index contributed by atoms with van der Waals surface area (Å²) in [6.07, 6.45) is 1.55. The molecule has 0 saturated heterocycles. The first kappa shape index (κ1) is 12.4. The molecule has 1 nitrogen and oxygen atoms in total. The molecule has 1 atom stereocenters. The summed E-state index contributed by atoms with van der Waals surface area (Å²) in [4.78, 5) is 0. The van der Waals surface area contributed by atoms with E-state index in [9.17, 15) is 4.39 Å². The van der Waals surface area contributed by atoms with E-state index in [0.29, 0.717) is 10.6 Å². The van der Waals surface area contributed by atoms with Crippen molar-refractivity contribution in [3.63, 3.8) is 0 Å². The van der Waals surface area contributed by atoms with Gasteiger partial charge in [0, 0.05) is 11.1 Å². The van der Waals surface area contributed by atoms with Crippen molar-refractivity contribution in [2.24, 2.45) is 5.73 Å². The summed E-state index contributed by atoms with van der Waals surface area (Å²) in [5.74, 6) is -0.361. The van der Waals surface area contributed by atoms with Crippen LogP contribution in [0.1, 0.15) is 11.6 Å². The van der Waals surface area contributed by atoms with E-state index in [1.807, 2.05) is 0 Å². The topological polar surface area (TPSA) is 26.0 Å². The fourth-order valence-corrected chi connectivity index (χ4v) is 1.19. The van der Waals surface area contributed by atoms with E-state index >= 15 is 0 Å². The molecule has 0 bridgehead atoms. The Balaban J connectivity index is 0.00000144. The van der Waals surface area contributed by atoms with Gasteiger partial charge >= 0.3 is 0 Å². The van der Waals surface area contributed by atoms with Gasteiger partial charge in [0.05, 0.1) is 0 Å². The summed E-state index contributed by atoms with van der Waals surface area (Å²) in [6, 6.07) is 3.78. The lowest BCUT2D eigenvalue weighted by molar-refractivity contribution is 0.626. The summed E-state index contributed by atoms with van der Waals surface area (Å²) >= 11 is 5.74. The highest BCUT2D eigenvalue weighted by Gasteiger charge is 2.06. The summed E-state index contributed by atoms with van der Waals surface area (Å²) in [5.41, 5.74) is 6.31. The Morgan fingerprint density at radius 1 is 1.54 bits per heavy atom. The molecule has 0 saturated carbocycles. The van der Waals surface area contributed by atoms with Crippen molar-refractivity contribution in [2.45, 2.75) is 6.04 Å². The predicted octanol–water partition coefficient (Wildman–Crippen LogP) is 3.09. The SMILES string of the molecule is C=C[C@@H](N)c1ccc(F)cc1Cl.Cl. The van der Waals surface area contributed by atoms with Gasteiger partial charge in [-0.1, -0.05) is 23.7 Å². The van der Waals surface area contributed by atoms with Crippen molar-refractivity contribution in [1.82, 2.24) is 0 Å². The molecular weight excluding hydrogens is 212 g/mol. The summed E-state index contributed by atoms with van der Waals surface area (Å²) in [5, 5.41) is 0.336. The highest BCUT2D eigenvalue weighted by molar-refractivity contribution is 6.31. The zero-order chi connectivity index (χ0) is 9.14. The number of benzene rings is 1. The van der Waals surface area contributed by atoms with Crippen LogP contribution in [0, 0.1) is 5.82 Å². The molecule has 13 heavy (non-hydrogen) atoms. The first-order valence-corrected chi connectivity index (χ1v) is 3.86. The Morgan fingerprint density at radius 2 is 2.15 bits per heavy atom. The lowest BCUT2D eigenvalue weighted by atomic mass is 10.1. The number of rotatable bonds is 2. The van der Waals surface area contributed by atoms with Gasteiger partial charge < -0.3 is 5.73 Å². The molecule has 0 aliphatic rings. The predicted molar refractivity (Wildman–Crippen MR) is 55.8 cm³/mol. The zero-order valence-electron chi connectivity index (χ0n) is 6.84. The van der Waals surface area contributed by atoms with E-state index in [2.05, 4.69) is 6.58 Å². The molecule has 1 aromatic carbocycles. The molecular formula is C9H10Cl2FN. The van der Waals surface area contributed by atoms with Crippen LogP contribution in [0.25, 0.3) is 0 Å². The molecule has 1 rings (SSSR count). The molecule has 0 fully saturated rings. The minimum atomic E-state index is -0.361. The van der Waals surface area contributed by atoms with E-state index in [1.54, 1.807) is 12.1 Å². The second-order valence-corrected chi connectivity index (χ2v) is 2.83. The highest BCUT2D eigenvalue weighted by Crippen LogP contribution is 2.22. The first-order valence-electron chi connectivity index (χ1n) is 3.48. The van der Waals surface area contributed by atoms with E-state index in [4.69, 9.17) is 17.3 Å². The van der Waals surface area contributed by atoms with Gasteiger partial charge in [-0.3, -0.25) is 0 Å². The van der Waals surface area contributed by atoms with Crippen molar-refractivity contribution in [3.8, 4) is 0 Å². The maximum Gasteiger partial charge on any atom is 0.124 e. The zero-order valence-corrected chi connectivity index (χ0v) is 8.41. The minimum absolute atomic E-state index is 0.